The van der Waals surface area contributed by atoms with Gasteiger partial charge in [-0.05, 0) is 41.8 Å². The van der Waals surface area contributed by atoms with Gasteiger partial charge in [0.1, 0.15) is 4.88 Å². The van der Waals surface area contributed by atoms with E-state index in [1.54, 1.807) is 24.3 Å². The van der Waals surface area contributed by atoms with Crippen molar-refractivity contribution in [3.63, 3.8) is 0 Å². The van der Waals surface area contributed by atoms with Crippen LogP contribution in [0.5, 0.6) is 0 Å². The van der Waals surface area contributed by atoms with Crippen molar-refractivity contribution in [3.8, 4) is 5.69 Å². The van der Waals surface area contributed by atoms with Gasteiger partial charge < -0.3 is 15.6 Å². The lowest BCUT2D eigenvalue weighted by Crippen LogP contribution is -2.14. The Balaban J connectivity index is 1.86. The van der Waals surface area contributed by atoms with Gasteiger partial charge in [0.2, 0.25) is 5.91 Å². The van der Waals surface area contributed by atoms with Crippen LogP contribution in [-0.4, -0.2) is 16.4 Å². The summed E-state index contributed by atoms with van der Waals surface area (Å²) in [6.07, 6.45) is 3.76. The molecule has 1 aromatic carbocycles. The first-order chi connectivity index (χ1) is 10.6. The van der Waals surface area contributed by atoms with E-state index in [0.717, 1.165) is 5.69 Å². The lowest BCUT2D eigenvalue weighted by Gasteiger charge is -2.07. The molecule has 0 spiro atoms. The first-order valence-corrected chi connectivity index (χ1v) is 7.45. The Kier molecular flexibility index (Phi) is 3.76. The lowest BCUT2D eigenvalue weighted by molar-refractivity contribution is 0.0996. The molecule has 0 aliphatic carbocycles. The van der Waals surface area contributed by atoms with Crippen molar-refractivity contribution < 1.29 is 9.59 Å². The molecule has 22 heavy (non-hydrogen) atoms. The second kappa shape index (κ2) is 5.87. The fraction of sp³-hybridized carbons (Fsp3) is 0. The predicted octanol–water partition coefficient (Wildman–Crippen LogP) is 2.89. The van der Waals surface area contributed by atoms with Crippen LogP contribution in [0.4, 0.5) is 5.69 Å². The zero-order chi connectivity index (χ0) is 15.5. The number of aromatic nitrogens is 1. The molecule has 5 nitrogen and oxygen atoms in total. The normalized spacial score (nSPS) is 10.4. The summed E-state index contributed by atoms with van der Waals surface area (Å²) in [4.78, 5) is 24.2. The number of primary amides is 1. The van der Waals surface area contributed by atoms with Crippen molar-refractivity contribution in [2.24, 2.45) is 5.73 Å². The van der Waals surface area contributed by atoms with Crippen LogP contribution in [-0.2, 0) is 0 Å². The van der Waals surface area contributed by atoms with Gasteiger partial charge in [-0.15, -0.1) is 11.3 Å². The van der Waals surface area contributed by atoms with Gasteiger partial charge in [0.05, 0.1) is 5.69 Å². The number of rotatable bonds is 4. The monoisotopic (exact) mass is 311 g/mol. The molecule has 0 aliphatic heterocycles. The molecule has 2 heterocycles. The summed E-state index contributed by atoms with van der Waals surface area (Å²) in [5, 5.41) is 4.66. The van der Waals surface area contributed by atoms with E-state index in [0.29, 0.717) is 16.1 Å². The predicted molar refractivity (Wildman–Crippen MR) is 86.6 cm³/mol. The molecular weight excluding hydrogens is 298 g/mol. The Morgan fingerprint density at radius 3 is 2.59 bits per heavy atom. The SMILES string of the molecule is NC(=O)c1cccc(NC(=O)c2sccc2-n2cccc2)c1. The molecular formula is C16H13N3O2S. The second-order valence-electron chi connectivity index (χ2n) is 4.62. The highest BCUT2D eigenvalue weighted by Gasteiger charge is 2.14. The quantitative estimate of drug-likeness (QED) is 0.777. The third kappa shape index (κ3) is 2.77. The van der Waals surface area contributed by atoms with Crippen LogP contribution in [0, 0.1) is 0 Å². The van der Waals surface area contributed by atoms with Crippen molar-refractivity contribution in [3.05, 3.63) is 70.7 Å². The highest BCUT2D eigenvalue weighted by atomic mass is 32.1. The fourth-order valence-corrected chi connectivity index (χ4v) is 2.89. The van der Waals surface area contributed by atoms with Gasteiger partial charge in [0.15, 0.2) is 0 Å². The smallest absolute Gasteiger partial charge is 0.267 e. The van der Waals surface area contributed by atoms with Crippen molar-refractivity contribution >= 4 is 28.8 Å². The number of anilines is 1. The number of hydrogen-bond donors (Lipinski definition) is 2. The minimum atomic E-state index is -0.528. The zero-order valence-electron chi connectivity index (χ0n) is 11.5. The average molecular weight is 311 g/mol. The van der Waals surface area contributed by atoms with Gasteiger partial charge in [0, 0.05) is 23.6 Å². The highest BCUT2D eigenvalue weighted by molar-refractivity contribution is 7.12. The molecule has 0 atom stereocenters. The molecule has 0 saturated carbocycles. The number of nitrogens with zero attached hydrogens (tertiary/aromatic N) is 1. The Morgan fingerprint density at radius 2 is 1.86 bits per heavy atom. The van der Waals surface area contributed by atoms with Crippen LogP contribution in [0.3, 0.4) is 0 Å². The zero-order valence-corrected chi connectivity index (χ0v) is 12.3. The lowest BCUT2D eigenvalue weighted by atomic mass is 10.2. The van der Waals surface area contributed by atoms with E-state index in [1.165, 1.54) is 11.3 Å². The second-order valence-corrected chi connectivity index (χ2v) is 5.54. The van der Waals surface area contributed by atoms with Crippen molar-refractivity contribution in [2.75, 3.05) is 5.32 Å². The summed E-state index contributed by atoms with van der Waals surface area (Å²) in [5.74, 6) is -0.749. The molecule has 0 fully saturated rings. The summed E-state index contributed by atoms with van der Waals surface area (Å²) >= 11 is 1.36. The molecule has 0 bridgehead atoms. The standard InChI is InChI=1S/C16H13N3O2S/c17-15(20)11-4-3-5-12(10-11)18-16(21)14-13(6-9-22-14)19-7-1-2-8-19/h1-10H,(H2,17,20)(H,18,21). The van der Waals surface area contributed by atoms with Crippen molar-refractivity contribution in [1.82, 2.24) is 4.57 Å². The van der Waals surface area contributed by atoms with Gasteiger partial charge in [-0.1, -0.05) is 6.07 Å². The largest absolute Gasteiger partial charge is 0.366 e. The maximum Gasteiger partial charge on any atom is 0.267 e. The molecule has 6 heteroatoms. The molecule has 0 saturated heterocycles. The Bertz CT molecular complexity index is 822. The van der Waals surface area contributed by atoms with Crippen LogP contribution < -0.4 is 11.1 Å². The third-order valence-corrected chi connectivity index (χ3v) is 4.04. The van der Waals surface area contributed by atoms with E-state index < -0.39 is 5.91 Å². The van der Waals surface area contributed by atoms with Crippen LogP contribution >= 0.6 is 11.3 Å². The first kappa shape index (κ1) is 14.1. The molecule has 3 rings (SSSR count). The van der Waals surface area contributed by atoms with Crippen molar-refractivity contribution in [1.29, 1.82) is 0 Å². The maximum absolute atomic E-state index is 12.4. The van der Waals surface area contributed by atoms with Crippen LogP contribution in [0.25, 0.3) is 5.69 Å². The molecule has 2 aromatic heterocycles. The van der Waals surface area contributed by atoms with E-state index in [9.17, 15) is 9.59 Å². The number of carbonyl (C=O) groups is 2. The molecule has 2 amide bonds. The summed E-state index contributed by atoms with van der Waals surface area (Å²) in [6, 6.07) is 12.2. The molecule has 110 valence electrons. The summed E-state index contributed by atoms with van der Waals surface area (Å²) in [5.41, 5.74) is 6.95. The number of benzene rings is 1. The molecule has 0 radical (unpaired) electrons. The molecule has 3 aromatic rings. The average Bonchev–Trinajstić information content (AvgIpc) is 3.18. The number of thiophene rings is 1. The van der Waals surface area contributed by atoms with E-state index in [2.05, 4.69) is 5.32 Å². The topological polar surface area (TPSA) is 77.1 Å². The highest BCUT2D eigenvalue weighted by Crippen LogP contribution is 2.23. The number of nitrogens with two attached hydrogens (primary N) is 1. The number of amides is 2. The van der Waals surface area contributed by atoms with E-state index >= 15 is 0 Å². The van der Waals surface area contributed by atoms with Crippen LogP contribution in [0.2, 0.25) is 0 Å². The van der Waals surface area contributed by atoms with Crippen LogP contribution in [0.1, 0.15) is 20.0 Å². The first-order valence-electron chi connectivity index (χ1n) is 6.57. The summed E-state index contributed by atoms with van der Waals surface area (Å²) in [7, 11) is 0. The van der Waals surface area contributed by atoms with E-state index in [1.807, 2.05) is 40.5 Å². The summed E-state index contributed by atoms with van der Waals surface area (Å²) in [6.45, 7) is 0. The number of carbonyl (C=O) groups excluding carboxylic acids is 2. The number of hydrogen-bond acceptors (Lipinski definition) is 3. The van der Waals surface area contributed by atoms with E-state index in [4.69, 9.17) is 5.73 Å². The maximum atomic E-state index is 12.4. The molecule has 0 aliphatic rings. The third-order valence-electron chi connectivity index (χ3n) is 3.14. The fourth-order valence-electron chi connectivity index (χ4n) is 2.11. The van der Waals surface area contributed by atoms with Gasteiger partial charge in [-0.3, -0.25) is 9.59 Å². The van der Waals surface area contributed by atoms with Gasteiger partial charge in [0.25, 0.3) is 5.91 Å². The van der Waals surface area contributed by atoms with Crippen LogP contribution in [0.15, 0.2) is 60.2 Å². The Labute approximate surface area is 131 Å². The number of nitrogens with one attached hydrogen (secondary N) is 1. The molecule has 3 N–H and O–H groups in total. The minimum Gasteiger partial charge on any atom is -0.366 e. The minimum absolute atomic E-state index is 0.222. The van der Waals surface area contributed by atoms with Gasteiger partial charge in [-0.25, -0.2) is 0 Å². The Morgan fingerprint density at radius 1 is 1.09 bits per heavy atom. The Hall–Kier alpha value is -2.86. The van der Waals surface area contributed by atoms with E-state index in [-0.39, 0.29) is 5.91 Å². The van der Waals surface area contributed by atoms with Gasteiger partial charge >= 0.3 is 0 Å². The van der Waals surface area contributed by atoms with Crippen molar-refractivity contribution in [2.45, 2.75) is 0 Å². The van der Waals surface area contributed by atoms with Gasteiger partial charge in [-0.2, -0.15) is 0 Å². The molecule has 0 unspecified atom stereocenters. The summed E-state index contributed by atoms with van der Waals surface area (Å²) < 4.78 is 1.88.